The second kappa shape index (κ2) is 14.5. The summed E-state index contributed by atoms with van der Waals surface area (Å²) < 4.78 is 12.1. The van der Waals surface area contributed by atoms with Crippen LogP contribution >= 0.6 is 0 Å². The minimum absolute atomic E-state index is 0.0540. The molecular weight excluding hydrogens is 566 g/mol. The number of hydrogen-bond acceptors (Lipinski definition) is 5. The first-order valence-corrected chi connectivity index (χ1v) is 18.6. The number of ether oxygens (including phenoxy) is 1. The molecule has 0 aromatic heterocycles. The molecule has 0 radical (unpaired) electrons. The highest BCUT2D eigenvalue weighted by Gasteiger charge is 2.37. The molecule has 1 aliphatic heterocycles. The summed E-state index contributed by atoms with van der Waals surface area (Å²) in [5, 5.41) is 6.22. The number of nitrogens with one attached hydrogen (secondary N) is 2. The van der Waals surface area contributed by atoms with Crippen molar-refractivity contribution in [2.75, 3.05) is 30.8 Å². The predicted molar refractivity (Wildman–Crippen MR) is 183 cm³/mol. The van der Waals surface area contributed by atoms with Crippen molar-refractivity contribution in [2.24, 2.45) is 0 Å². The first-order valence-electron chi connectivity index (χ1n) is 15.7. The Balaban J connectivity index is 1.38. The summed E-state index contributed by atoms with van der Waals surface area (Å²) in [6, 6.07) is 22.0. The number of carbonyl (C=O) groups excluding carboxylic acids is 2. The molecule has 44 heavy (non-hydrogen) atoms. The van der Waals surface area contributed by atoms with Gasteiger partial charge in [-0.15, -0.1) is 0 Å². The lowest BCUT2D eigenvalue weighted by Gasteiger charge is -2.36. The van der Waals surface area contributed by atoms with Gasteiger partial charge in [-0.05, 0) is 85.8 Å². The van der Waals surface area contributed by atoms with Crippen molar-refractivity contribution in [1.82, 2.24) is 4.90 Å². The van der Waals surface area contributed by atoms with E-state index in [-0.39, 0.29) is 17.0 Å². The van der Waals surface area contributed by atoms with Gasteiger partial charge in [0, 0.05) is 30.8 Å². The summed E-state index contributed by atoms with van der Waals surface area (Å²) in [4.78, 5) is 28.1. The summed E-state index contributed by atoms with van der Waals surface area (Å²) >= 11 is 0. The zero-order valence-electron chi connectivity index (χ0n) is 27.5. The van der Waals surface area contributed by atoms with Gasteiger partial charge in [0.2, 0.25) is 5.91 Å². The molecule has 0 bridgehead atoms. The van der Waals surface area contributed by atoms with Crippen molar-refractivity contribution in [1.29, 1.82) is 0 Å². The Kier molecular flexibility index (Phi) is 11.1. The largest absolute Gasteiger partial charge is 0.446 e. The Hall–Kier alpha value is -3.46. The van der Waals surface area contributed by atoms with Crippen LogP contribution in [0.25, 0.3) is 11.1 Å². The number of carbonyl (C=O) groups is 2. The Morgan fingerprint density at radius 2 is 1.59 bits per heavy atom. The van der Waals surface area contributed by atoms with Crippen molar-refractivity contribution < 1.29 is 18.8 Å². The smallest absolute Gasteiger partial charge is 0.411 e. The number of aryl methyl sites for hydroxylation is 2. The van der Waals surface area contributed by atoms with Gasteiger partial charge in [-0.2, -0.15) is 0 Å². The van der Waals surface area contributed by atoms with Crippen molar-refractivity contribution in [3.05, 3.63) is 83.4 Å². The molecule has 0 atom stereocenters. The molecule has 1 fully saturated rings. The summed E-state index contributed by atoms with van der Waals surface area (Å²) in [7, 11) is 0.243. The molecule has 2 N–H and O–H groups in total. The zero-order valence-corrected chi connectivity index (χ0v) is 28.5. The number of rotatable bonds is 10. The van der Waals surface area contributed by atoms with Crippen LogP contribution in [-0.2, 0) is 27.0 Å². The Bertz CT molecular complexity index is 1430. The van der Waals surface area contributed by atoms with Crippen LogP contribution < -0.4 is 10.6 Å². The van der Waals surface area contributed by atoms with E-state index in [0.29, 0.717) is 25.1 Å². The molecule has 236 valence electrons. The van der Waals surface area contributed by atoms with Gasteiger partial charge in [0.05, 0.1) is 12.3 Å². The van der Waals surface area contributed by atoms with E-state index >= 15 is 0 Å². The van der Waals surface area contributed by atoms with E-state index in [0.717, 1.165) is 59.4 Å². The summed E-state index contributed by atoms with van der Waals surface area (Å²) in [5.74, 6) is -0.0540. The summed E-state index contributed by atoms with van der Waals surface area (Å²) in [6.45, 7) is 15.6. The molecule has 4 rings (SSSR count). The van der Waals surface area contributed by atoms with Crippen LogP contribution in [0.3, 0.4) is 0 Å². The molecule has 3 aromatic rings. The standard InChI is InChI=1S/C36H49N3O4Si/c1-26-23-28(25-42-44(6,7)36(2,3)4)14-17-32(26)37-34(40)18-15-27-13-16-31(29-11-9-8-10-12-29)33(24-27)38-35(41)43-30-19-21-39(5)22-20-30/h8-14,16-17,23-24,30H,15,18-22,25H2,1-7H3,(H,37,40)(H,38,41). The van der Waals surface area contributed by atoms with Gasteiger partial charge in [-0.25, -0.2) is 4.79 Å². The van der Waals surface area contributed by atoms with Crippen molar-refractivity contribution >= 4 is 31.7 Å². The van der Waals surface area contributed by atoms with Crippen molar-refractivity contribution in [3.63, 3.8) is 0 Å². The number of piperidine rings is 1. The molecule has 8 heteroatoms. The fourth-order valence-electron chi connectivity index (χ4n) is 5.02. The zero-order chi connectivity index (χ0) is 31.9. The second-order valence-corrected chi connectivity index (χ2v) is 18.3. The Morgan fingerprint density at radius 3 is 2.25 bits per heavy atom. The van der Waals surface area contributed by atoms with Crippen LogP contribution in [0.1, 0.15) is 56.7 Å². The van der Waals surface area contributed by atoms with Crippen LogP contribution in [0.4, 0.5) is 16.2 Å². The molecule has 0 aliphatic carbocycles. The normalized spacial score (nSPS) is 14.7. The first-order chi connectivity index (χ1) is 20.8. The average molecular weight is 616 g/mol. The maximum Gasteiger partial charge on any atom is 0.411 e. The lowest BCUT2D eigenvalue weighted by Crippen LogP contribution is -2.40. The van der Waals surface area contributed by atoms with E-state index in [4.69, 9.17) is 9.16 Å². The molecule has 7 nitrogen and oxygen atoms in total. The van der Waals surface area contributed by atoms with Crippen LogP contribution in [0.15, 0.2) is 66.7 Å². The highest BCUT2D eigenvalue weighted by molar-refractivity contribution is 6.74. The molecule has 1 saturated heterocycles. The molecule has 1 heterocycles. The van der Waals surface area contributed by atoms with Gasteiger partial charge in [-0.1, -0.05) is 75.4 Å². The van der Waals surface area contributed by atoms with Crippen LogP contribution in [0.5, 0.6) is 0 Å². The lowest BCUT2D eigenvalue weighted by atomic mass is 9.99. The van der Waals surface area contributed by atoms with E-state index in [9.17, 15) is 9.59 Å². The van der Waals surface area contributed by atoms with E-state index in [1.165, 1.54) is 0 Å². The molecule has 2 amide bonds. The second-order valence-electron chi connectivity index (χ2n) is 13.5. The number of amides is 2. The lowest BCUT2D eigenvalue weighted by molar-refractivity contribution is -0.116. The minimum atomic E-state index is -1.84. The van der Waals surface area contributed by atoms with Gasteiger partial charge >= 0.3 is 6.09 Å². The van der Waals surface area contributed by atoms with Gasteiger partial charge in [0.1, 0.15) is 6.10 Å². The number of likely N-dealkylation sites (tertiary alicyclic amines) is 1. The van der Waals surface area contributed by atoms with Gasteiger partial charge in [0.25, 0.3) is 0 Å². The van der Waals surface area contributed by atoms with E-state index in [1.54, 1.807) is 0 Å². The molecule has 3 aromatic carbocycles. The monoisotopic (exact) mass is 615 g/mol. The maximum atomic E-state index is 13.0. The fourth-order valence-corrected chi connectivity index (χ4v) is 5.98. The number of benzene rings is 3. The summed E-state index contributed by atoms with van der Waals surface area (Å²) in [6.07, 6.45) is 1.99. The number of anilines is 2. The molecule has 0 unspecified atom stereocenters. The Labute approximate surface area is 264 Å². The van der Waals surface area contributed by atoms with Crippen LogP contribution in [0.2, 0.25) is 18.1 Å². The van der Waals surface area contributed by atoms with E-state index < -0.39 is 14.4 Å². The van der Waals surface area contributed by atoms with E-state index in [2.05, 4.69) is 62.5 Å². The molecule has 1 aliphatic rings. The highest BCUT2D eigenvalue weighted by atomic mass is 28.4. The topological polar surface area (TPSA) is 79.9 Å². The van der Waals surface area contributed by atoms with Gasteiger partial charge in [0.15, 0.2) is 8.32 Å². The van der Waals surface area contributed by atoms with Gasteiger partial charge in [-0.3, -0.25) is 10.1 Å². The SMILES string of the molecule is Cc1cc(CO[Si](C)(C)C(C)(C)C)ccc1NC(=O)CCc1ccc(-c2ccccc2)c(NC(=O)OC2CCN(C)CC2)c1. The van der Waals surface area contributed by atoms with Crippen molar-refractivity contribution in [2.45, 2.75) is 84.2 Å². The first kappa shape index (κ1) is 33.4. The Morgan fingerprint density at radius 1 is 0.909 bits per heavy atom. The van der Waals surface area contributed by atoms with Crippen LogP contribution in [-0.4, -0.2) is 51.5 Å². The number of nitrogens with zero attached hydrogens (tertiary/aromatic N) is 1. The van der Waals surface area contributed by atoms with Crippen molar-refractivity contribution in [3.8, 4) is 11.1 Å². The quantitative estimate of drug-likeness (QED) is 0.224. The third-order valence-electron chi connectivity index (χ3n) is 8.96. The van der Waals surface area contributed by atoms with Crippen LogP contribution in [0, 0.1) is 6.92 Å². The summed E-state index contributed by atoms with van der Waals surface area (Å²) in [5.41, 5.74) is 6.48. The van der Waals surface area contributed by atoms with Gasteiger partial charge < -0.3 is 19.4 Å². The van der Waals surface area contributed by atoms with E-state index in [1.807, 2.05) is 67.6 Å². The molecule has 0 saturated carbocycles. The highest BCUT2D eigenvalue weighted by Crippen LogP contribution is 2.37. The number of hydrogen-bond donors (Lipinski definition) is 2. The average Bonchev–Trinajstić information content (AvgIpc) is 2.97. The predicted octanol–water partition coefficient (Wildman–Crippen LogP) is 8.40. The molecule has 0 spiro atoms. The third-order valence-corrected chi connectivity index (χ3v) is 13.4. The molecular formula is C36H49N3O4Si. The minimum Gasteiger partial charge on any atom is -0.446 e. The maximum absolute atomic E-state index is 13.0. The fraction of sp³-hybridized carbons (Fsp3) is 0.444. The third kappa shape index (κ3) is 9.27.